The first-order chi connectivity index (χ1) is 7.03. The maximum atomic E-state index is 9.57. The molecule has 0 amide bonds. The summed E-state index contributed by atoms with van der Waals surface area (Å²) in [6.07, 6.45) is -3.50. The summed E-state index contributed by atoms with van der Waals surface area (Å²) >= 11 is 0. The minimum Gasteiger partial charge on any atom is -0.391 e. The maximum absolute atomic E-state index is 9.57. The van der Waals surface area contributed by atoms with E-state index in [4.69, 9.17) is 15.4 Å². The first kappa shape index (κ1) is 12.2. The van der Waals surface area contributed by atoms with Crippen LogP contribution in [0.2, 0.25) is 0 Å². The number of hydrogen-bond donors (Lipinski definition) is 4. The monoisotopic (exact) mass is 219 g/mol. The average molecular weight is 219 g/mol. The number of aliphatic hydroxyl groups is 4. The van der Waals surface area contributed by atoms with Gasteiger partial charge in [0.25, 0.3) is 0 Å². The first-order valence-corrected chi connectivity index (χ1v) is 4.41. The van der Waals surface area contributed by atoms with Gasteiger partial charge in [-0.2, -0.15) is 0 Å². The van der Waals surface area contributed by atoms with Crippen LogP contribution < -0.4 is 0 Å². The molecule has 1 fully saturated rings. The Bertz CT molecular complexity index is 269. The molecule has 1 aliphatic heterocycles. The largest absolute Gasteiger partial charge is 0.391 e. The van der Waals surface area contributed by atoms with E-state index in [1.54, 1.807) is 0 Å². The number of aliphatic hydroxyl groups excluding tert-OH is 3. The molecule has 1 aliphatic rings. The summed E-state index contributed by atoms with van der Waals surface area (Å²) in [5.41, 5.74) is 8.08. The van der Waals surface area contributed by atoms with E-state index < -0.39 is 30.7 Å². The molecule has 15 heavy (non-hydrogen) atoms. The Labute approximate surface area is 85.3 Å². The van der Waals surface area contributed by atoms with E-state index in [0.717, 1.165) is 0 Å². The van der Waals surface area contributed by atoms with E-state index in [0.29, 0.717) is 0 Å². The molecular weight excluding hydrogens is 206 g/mol. The van der Waals surface area contributed by atoms with Crippen LogP contribution in [0.15, 0.2) is 5.11 Å². The van der Waals surface area contributed by atoms with Gasteiger partial charge in [-0.3, -0.25) is 0 Å². The van der Waals surface area contributed by atoms with Crippen molar-refractivity contribution in [1.82, 2.24) is 0 Å². The summed E-state index contributed by atoms with van der Waals surface area (Å²) < 4.78 is 4.94. The molecule has 1 rings (SSSR count). The first-order valence-electron chi connectivity index (χ1n) is 4.41. The van der Waals surface area contributed by atoms with Crippen LogP contribution in [0.3, 0.4) is 0 Å². The zero-order chi connectivity index (χ0) is 11.5. The standard InChI is InChI=1S/C7H13N3O5/c8-10-9-2-4-1-5(12)6(13)7(14,3-11)15-4/h4-6,11-14H,1-3H2/t4?,5?,6?,7-/m0/s1. The third kappa shape index (κ3) is 2.57. The minimum atomic E-state index is -2.20. The van der Waals surface area contributed by atoms with Crippen LogP contribution in [-0.4, -0.2) is 57.7 Å². The Kier molecular flexibility index (Phi) is 3.86. The molecular formula is C7H13N3O5. The number of nitrogens with zero attached hydrogens (tertiary/aromatic N) is 3. The summed E-state index contributed by atoms with van der Waals surface area (Å²) in [7, 11) is 0. The van der Waals surface area contributed by atoms with Crippen molar-refractivity contribution >= 4 is 0 Å². The molecule has 0 aromatic rings. The lowest BCUT2D eigenvalue weighted by molar-refractivity contribution is -0.330. The third-order valence-corrected chi connectivity index (χ3v) is 2.28. The lowest BCUT2D eigenvalue weighted by Gasteiger charge is -2.41. The Hall–Kier alpha value is -0.890. The molecule has 4 atom stereocenters. The van der Waals surface area contributed by atoms with E-state index in [1.807, 2.05) is 0 Å². The van der Waals surface area contributed by atoms with Crippen LogP contribution in [0.4, 0.5) is 0 Å². The van der Waals surface area contributed by atoms with E-state index in [1.165, 1.54) is 0 Å². The highest BCUT2D eigenvalue weighted by atomic mass is 16.7. The average Bonchev–Trinajstić information content (AvgIpc) is 2.23. The highest BCUT2D eigenvalue weighted by Crippen LogP contribution is 2.27. The second kappa shape index (κ2) is 4.75. The number of azide groups is 1. The van der Waals surface area contributed by atoms with Crippen molar-refractivity contribution in [3.05, 3.63) is 10.4 Å². The van der Waals surface area contributed by atoms with E-state index >= 15 is 0 Å². The van der Waals surface area contributed by atoms with Gasteiger partial charge in [0.1, 0.15) is 6.10 Å². The molecule has 0 saturated carbocycles. The van der Waals surface area contributed by atoms with Crippen LogP contribution >= 0.6 is 0 Å². The zero-order valence-electron chi connectivity index (χ0n) is 7.89. The van der Waals surface area contributed by atoms with Gasteiger partial charge in [-0.1, -0.05) is 5.11 Å². The summed E-state index contributed by atoms with van der Waals surface area (Å²) in [6.45, 7) is -0.930. The molecule has 0 bridgehead atoms. The van der Waals surface area contributed by atoms with Crippen LogP contribution in [-0.2, 0) is 4.74 Å². The van der Waals surface area contributed by atoms with Crippen molar-refractivity contribution in [2.45, 2.75) is 30.5 Å². The molecule has 0 aliphatic carbocycles. The normalized spacial score (nSPS) is 40.9. The molecule has 4 N–H and O–H groups in total. The Morgan fingerprint density at radius 1 is 1.53 bits per heavy atom. The summed E-state index contributed by atoms with van der Waals surface area (Å²) in [4.78, 5) is 2.50. The summed E-state index contributed by atoms with van der Waals surface area (Å²) in [5, 5.41) is 40.4. The van der Waals surface area contributed by atoms with Gasteiger partial charge in [-0.25, -0.2) is 0 Å². The van der Waals surface area contributed by atoms with Gasteiger partial charge >= 0.3 is 0 Å². The van der Waals surface area contributed by atoms with Crippen LogP contribution in [0.5, 0.6) is 0 Å². The molecule has 8 nitrogen and oxygen atoms in total. The second-order valence-corrected chi connectivity index (χ2v) is 3.40. The molecule has 3 unspecified atom stereocenters. The number of rotatable bonds is 3. The molecule has 0 radical (unpaired) electrons. The van der Waals surface area contributed by atoms with Crippen molar-refractivity contribution < 1.29 is 25.2 Å². The fourth-order valence-electron chi connectivity index (χ4n) is 1.48. The van der Waals surface area contributed by atoms with Gasteiger partial charge in [-0.05, 0) is 5.53 Å². The highest BCUT2D eigenvalue weighted by Gasteiger charge is 2.47. The van der Waals surface area contributed by atoms with Crippen molar-refractivity contribution in [3.63, 3.8) is 0 Å². The number of ether oxygens (including phenoxy) is 1. The Balaban J connectivity index is 2.70. The molecule has 1 heterocycles. The minimum absolute atomic E-state index is 0.0303. The fraction of sp³-hybridized carbons (Fsp3) is 1.00. The highest BCUT2D eigenvalue weighted by molar-refractivity contribution is 4.90. The summed E-state index contributed by atoms with van der Waals surface area (Å²) in [6, 6.07) is 0. The van der Waals surface area contributed by atoms with Crippen LogP contribution in [0.25, 0.3) is 10.4 Å². The molecule has 86 valence electrons. The number of hydrogen-bond acceptors (Lipinski definition) is 6. The lowest BCUT2D eigenvalue weighted by Crippen LogP contribution is -2.60. The lowest BCUT2D eigenvalue weighted by atomic mass is 9.95. The van der Waals surface area contributed by atoms with Gasteiger partial charge in [-0.15, -0.1) is 0 Å². The van der Waals surface area contributed by atoms with Gasteiger partial charge in [0, 0.05) is 11.3 Å². The van der Waals surface area contributed by atoms with Crippen molar-refractivity contribution in [1.29, 1.82) is 0 Å². The zero-order valence-corrected chi connectivity index (χ0v) is 7.89. The summed E-state index contributed by atoms with van der Waals surface area (Å²) in [5.74, 6) is -2.20. The van der Waals surface area contributed by atoms with E-state index in [9.17, 15) is 15.3 Å². The molecule has 8 heteroatoms. The topological polar surface area (TPSA) is 139 Å². The molecule has 0 aromatic heterocycles. The SMILES string of the molecule is [N-]=[N+]=NCC1CC(O)C(O)[C@](O)(CO)O1. The van der Waals surface area contributed by atoms with Gasteiger partial charge < -0.3 is 25.2 Å². The predicted molar refractivity (Wildman–Crippen MR) is 47.6 cm³/mol. The smallest absolute Gasteiger partial charge is 0.218 e. The quantitative estimate of drug-likeness (QED) is 0.259. The maximum Gasteiger partial charge on any atom is 0.218 e. The van der Waals surface area contributed by atoms with Gasteiger partial charge in [0.2, 0.25) is 5.79 Å². The molecule has 0 spiro atoms. The van der Waals surface area contributed by atoms with Crippen molar-refractivity contribution in [2.75, 3.05) is 13.2 Å². The van der Waals surface area contributed by atoms with Gasteiger partial charge in [0.15, 0.2) is 0 Å². The molecule has 0 aromatic carbocycles. The third-order valence-electron chi connectivity index (χ3n) is 2.28. The Morgan fingerprint density at radius 3 is 2.73 bits per heavy atom. The van der Waals surface area contributed by atoms with Crippen molar-refractivity contribution in [2.24, 2.45) is 5.11 Å². The Morgan fingerprint density at radius 2 is 2.20 bits per heavy atom. The predicted octanol–water partition coefficient (Wildman–Crippen LogP) is -1.51. The fourth-order valence-corrected chi connectivity index (χ4v) is 1.48. The second-order valence-electron chi connectivity index (χ2n) is 3.40. The van der Waals surface area contributed by atoms with E-state index in [2.05, 4.69) is 10.0 Å². The van der Waals surface area contributed by atoms with Gasteiger partial charge in [0.05, 0.1) is 25.4 Å². The molecule has 1 saturated heterocycles. The van der Waals surface area contributed by atoms with E-state index in [-0.39, 0.29) is 13.0 Å². The van der Waals surface area contributed by atoms with Crippen LogP contribution in [0, 0.1) is 0 Å². The van der Waals surface area contributed by atoms with Crippen molar-refractivity contribution in [3.8, 4) is 0 Å². The van der Waals surface area contributed by atoms with Crippen LogP contribution in [0.1, 0.15) is 6.42 Å².